The summed E-state index contributed by atoms with van der Waals surface area (Å²) in [4.78, 5) is 31.4. The molecule has 2 heterocycles. The van der Waals surface area contributed by atoms with Gasteiger partial charge in [-0.2, -0.15) is 5.26 Å². The third-order valence-corrected chi connectivity index (χ3v) is 5.78. The van der Waals surface area contributed by atoms with Crippen LogP contribution in [0.2, 0.25) is 0 Å². The first kappa shape index (κ1) is 19.8. The predicted molar refractivity (Wildman–Crippen MR) is 113 cm³/mol. The number of amidine groups is 1. The van der Waals surface area contributed by atoms with Crippen LogP contribution in [0.3, 0.4) is 0 Å². The summed E-state index contributed by atoms with van der Waals surface area (Å²) in [7, 11) is 0. The van der Waals surface area contributed by atoms with Gasteiger partial charge < -0.3 is 14.8 Å². The van der Waals surface area contributed by atoms with E-state index in [1.165, 1.54) is 11.8 Å². The molecular weight excluding hydrogens is 404 g/mol. The van der Waals surface area contributed by atoms with Gasteiger partial charge in [-0.1, -0.05) is 23.9 Å². The summed E-state index contributed by atoms with van der Waals surface area (Å²) in [5, 5.41) is 11.8. The Labute approximate surface area is 177 Å². The monoisotopic (exact) mass is 422 g/mol. The molecule has 2 aromatic carbocycles. The van der Waals surface area contributed by atoms with Crippen LogP contribution in [0.15, 0.2) is 47.5 Å². The zero-order chi connectivity index (χ0) is 21.1. The standard InChI is InChI=1S/C21H18N4O4S/c1-2-25-20(27)18(10-19(26)24-15-6-4-3-5-13(15)11-22)30-21(25)23-14-7-8-16-17(9-14)29-12-28-16/h3-9,18H,2,10,12H2,1H3,(H,24,26). The number of carbonyl (C=O) groups is 2. The minimum absolute atomic E-state index is 0.0140. The number of benzene rings is 2. The maximum Gasteiger partial charge on any atom is 0.242 e. The van der Waals surface area contributed by atoms with Crippen LogP contribution < -0.4 is 14.8 Å². The number of nitriles is 1. The number of rotatable bonds is 5. The van der Waals surface area contributed by atoms with Crippen molar-refractivity contribution in [1.82, 2.24) is 4.90 Å². The largest absolute Gasteiger partial charge is 0.454 e. The van der Waals surface area contributed by atoms with E-state index in [1.54, 1.807) is 47.4 Å². The summed E-state index contributed by atoms with van der Waals surface area (Å²) >= 11 is 1.26. The fraction of sp³-hybridized carbons (Fsp3) is 0.238. The van der Waals surface area contributed by atoms with Gasteiger partial charge in [0.1, 0.15) is 11.3 Å². The van der Waals surface area contributed by atoms with Gasteiger partial charge in [0.05, 0.1) is 16.9 Å². The van der Waals surface area contributed by atoms with Crippen molar-refractivity contribution in [3.05, 3.63) is 48.0 Å². The lowest BCUT2D eigenvalue weighted by Gasteiger charge is -2.13. The number of hydrogen-bond donors (Lipinski definition) is 1. The minimum atomic E-state index is -0.577. The van der Waals surface area contributed by atoms with E-state index in [1.807, 2.05) is 13.0 Å². The molecule has 0 aliphatic carbocycles. The molecule has 30 heavy (non-hydrogen) atoms. The van der Waals surface area contributed by atoms with Crippen LogP contribution >= 0.6 is 11.8 Å². The topological polar surface area (TPSA) is 104 Å². The van der Waals surface area contributed by atoms with Gasteiger partial charge in [-0.15, -0.1) is 0 Å². The van der Waals surface area contributed by atoms with Gasteiger partial charge in [-0.3, -0.25) is 14.5 Å². The van der Waals surface area contributed by atoms with E-state index in [-0.39, 0.29) is 25.0 Å². The molecule has 4 rings (SSSR count). The molecule has 2 amide bonds. The van der Waals surface area contributed by atoms with E-state index in [9.17, 15) is 9.59 Å². The van der Waals surface area contributed by atoms with Crippen molar-refractivity contribution in [2.75, 3.05) is 18.7 Å². The number of nitrogens with zero attached hydrogens (tertiary/aromatic N) is 3. The highest BCUT2D eigenvalue weighted by Gasteiger charge is 2.38. The molecule has 9 heteroatoms. The fourth-order valence-electron chi connectivity index (χ4n) is 3.14. The smallest absolute Gasteiger partial charge is 0.242 e. The first-order valence-electron chi connectivity index (χ1n) is 9.34. The Hall–Kier alpha value is -3.51. The second kappa shape index (κ2) is 8.47. The van der Waals surface area contributed by atoms with Gasteiger partial charge in [0.25, 0.3) is 0 Å². The van der Waals surface area contributed by atoms with E-state index < -0.39 is 5.25 Å². The Bertz CT molecular complexity index is 1080. The summed E-state index contributed by atoms with van der Waals surface area (Å²) in [5.41, 5.74) is 1.44. The number of anilines is 1. The highest BCUT2D eigenvalue weighted by Crippen LogP contribution is 2.37. The van der Waals surface area contributed by atoms with Crippen molar-refractivity contribution >= 4 is 40.1 Å². The lowest BCUT2D eigenvalue weighted by Crippen LogP contribution is -2.33. The van der Waals surface area contributed by atoms with Crippen LogP contribution in [0, 0.1) is 11.3 Å². The molecule has 152 valence electrons. The molecule has 1 fully saturated rings. The Morgan fingerprint density at radius 2 is 2.10 bits per heavy atom. The number of amides is 2. The maximum absolute atomic E-state index is 12.8. The molecule has 2 aliphatic heterocycles. The molecule has 0 saturated carbocycles. The van der Waals surface area contributed by atoms with Gasteiger partial charge >= 0.3 is 0 Å². The first-order chi connectivity index (χ1) is 14.6. The number of para-hydroxylation sites is 1. The van der Waals surface area contributed by atoms with E-state index >= 15 is 0 Å². The zero-order valence-electron chi connectivity index (χ0n) is 16.1. The first-order valence-corrected chi connectivity index (χ1v) is 10.2. The average Bonchev–Trinajstić information content (AvgIpc) is 3.32. The molecule has 1 saturated heterocycles. The summed E-state index contributed by atoms with van der Waals surface area (Å²) < 4.78 is 10.7. The normalized spacial score (nSPS) is 18.5. The second-order valence-electron chi connectivity index (χ2n) is 6.53. The quantitative estimate of drug-likeness (QED) is 0.793. The number of ether oxygens (including phenoxy) is 2. The van der Waals surface area contributed by atoms with Crippen LogP contribution in [0.5, 0.6) is 11.5 Å². The third kappa shape index (κ3) is 3.95. The third-order valence-electron chi connectivity index (χ3n) is 4.61. The molecule has 1 N–H and O–H groups in total. The number of nitrogens with one attached hydrogen (secondary N) is 1. The van der Waals surface area contributed by atoms with E-state index in [2.05, 4.69) is 10.3 Å². The number of fused-ring (bicyclic) bond motifs is 1. The number of carbonyl (C=O) groups excluding carboxylic acids is 2. The van der Waals surface area contributed by atoms with Crippen LogP contribution in [0.1, 0.15) is 18.9 Å². The van der Waals surface area contributed by atoms with Crippen molar-refractivity contribution in [3.8, 4) is 17.6 Å². The molecule has 0 aromatic heterocycles. The lowest BCUT2D eigenvalue weighted by atomic mass is 10.2. The Balaban J connectivity index is 1.48. The minimum Gasteiger partial charge on any atom is -0.454 e. The predicted octanol–water partition coefficient (Wildman–Crippen LogP) is 3.27. The number of hydrogen-bond acceptors (Lipinski definition) is 7. The summed E-state index contributed by atoms with van der Waals surface area (Å²) in [6.45, 7) is 2.49. The van der Waals surface area contributed by atoms with Crippen molar-refractivity contribution in [2.24, 2.45) is 4.99 Å². The van der Waals surface area contributed by atoms with Gasteiger partial charge in [0, 0.05) is 19.0 Å². The molecular formula is C21H18N4O4S. The highest BCUT2D eigenvalue weighted by molar-refractivity contribution is 8.15. The zero-order valence-corrected chi connectivity index (χ0v) is 16.9. The van der Waals surface area contributed by atoms with Crippen LogP contribution in [0.4, 0.5) is 11.4 Å². The molecule has 8 nitrogen and oxygen atoms in total. The van der Waals surface area contributed by atoms with Crippen LogP contribution in [-0.4, -0.2) is 40.5 Å². The summed E-state index contributed by atoms with van der Waals surface area (Å²) in [6.07, 6.45) is -0.0140. The molecule has 0 bridgehead atoms. The van der Waals surface area contributed by atoms with E-state index in [0.717, 1.165) is 0 Å². The van der Waals surface area contributed by atoms with Gasteiger partial charge in [-0.25, -0.2) is 4.99 Å². The van der Waals surface area contributed by atoms with Crippen molar-refractivity contribution < 1.29 is 19.1 Å². The number of thioether (sulfide) groups is 1. The van der Waals surface area contributed by atoms with E-state index in [4.69, 9.17) is 14.7 Å². The SMILES string of the molecule is CCN1C(=O)C(CC(=O)Nc2ccccc2C#N)SC1=Nc1ccc2c(c1)OCO2. The molecule has 2 aliphatic rings. The van der Waals surface area contributed by atoms with Crippen LogP contribution in [-0.2, 0) is 9.59 Å². The second-order valence-corrected chi connectivity index (χ2v) is 7.70. The molecule has 0 spiro atoms. The Morgan fingerprint density at radius 3 is 2.90 bits per heavy atom. The average molecular weight is 422 g/mol. The fourth-order valence-corrected chi connectivity index (χ4v) is 4.36. The van der Waals surface area contributed by atoms with Crippen molar-refractivity contribution in [1.29, 1.82) is 5.26 Å². The van der Waals surface area contributed by atoms with Gasteiger partial charge in [0.15, 0.2) is 16.7 Å². The van der Waals surface area contributed by atoms with Crippen LogP contribution in [0.25, 0.3) is 0 Å². The highest BCUT2D eigenvalue weighted by atomic mass is 32.2. The molecule has 0 radical (unpaired) electrons. The molecule has 1 atom stereocenters. The Kier molecular flexibility index (Phi) is 5.59. The van der Waals surface area contributed by atoms with Gasteiger partial charge in [-0.05, 0) is 31.2 Å². The summed E-state index contributed by atoms with van der Waals surface area (Å²) in [6, 6.07) is 14.1. The van der Waals surface area contributed by atoms with Crippen molar-refractivity contribution in [3.63, 3.8) is 0 Å². The molecule has 2 aromatic rings. The maximum atomic E-state index is 12.8. The summed E-state index contributed by atoms with van der Waals surface area (Å²) in [5.74, 6) is 0.782. The van der Waals surface area contributed by atoms with Crippen molar-refractivity contribution in [2.45, 2.75) is 18.6 Å². The number of aliphatic imine (C=N–C) groups is 1. The Morgan fingerprint density at radius 1 is 1.30 bits per heavy atom. The molecule has 1 unspecified atom stereocenters. The van der Waals surface area contributed by atoms with E-state index in [0.29, 0.717) is 40.1 Å². The van der Waals surface area contributed by atoms with Gasteiger partial charge in [0.2, 0.25) is 18.6 Å². The lowest BCUT2D eigenvalue weighted by molar-refractivity contribution is -0.128.